The number of piperidine rings is 1. The lowest BCUT2D eigenvalue weighted by Crippen LogP contribution is -2.39. The van der Waals surface area contributed by atoms with E-state index in [2.05, 4.69) is 5.10 Å². The van der Waals surface area contributed by atoms with Gasteiger partial charge in [-0.2, -0.15) is 9.40 Å². The first-order chi connectivity index (χ1) is 10.9. The van der Waals surface area contributed by atoms with Crippen molar-refractivity contribution in [3.63, 3.8) is 0 Å². The van der Waals surface area contributed by atoms with Crippen molar-refractivity contribution < 1.29 is 12.8 Å². The Bertz CT molecular complexity index is 822. The SMILES string of the molecule is Cn1nccc1C1CCCCN1S(=O)(=O)c1ccc(Cl)cc1F. The van der Waals surface area contributed by atoms with E-state index in [9.17, 15) is 12.8 Å². The second-order valence-corrected chi connectivity index (χ2v) is 7.88. The van der Waals surface area contributed by atoms with Crippen molar-refractivity contribution in [3.8, 4) is 0 Å². The van der Waals surface area contributed by atoms with Crippen LogP contribution in [0.15, 0.2) is 35.4 Å². The Labute approximate surface area is 139 Å². The van der Waals surface area contributed by atoms with Gasteiger partial charge >= 0.3 is 0 Å². The van der Waals surface area contributed by atoms with E-state index < -0.39 is 15.8 Å². The van der Waals surface area contributed by atoms with Crippen molar-refractivity contribution in [3.05, 3.63) is 47.0 Å². The van der Waals surface area contributed by atoms with Crippen molar-refractivity contribution in [2.24, 2.45) is 7.05 Å². The topological polar surface area (TPSA) is 55.2 Å². The lowest BCUT2D eigenvalue weighted by Gasteiger charge is -2.34. The van der Waals surface area contributed by atoms with E-state index in [0.29, 0.717) is 13.0 Å². The number of hydrogen-bond donors (Lipinski definition) is 0. The molecular formula is C15H17ClFN3O2S. The molecular weight excluding hydrogens is 341 g/mol. The molecule has 0 saturated carbocycles. The summed E-state index contributed by atoms with van der Waals surface area (Å²) in [4.78, 5) is -0.337. The monoisotopic (exact) mass is 357 g/mol. The zero-order chi connectivity index (χ0) is 16.6. The average molecular weight is 358 g/mol. The minimum absolute atomic E-state index is 0.170. The number of hydrogen-bond acceptors (Lipinski definition) is 3. The first-order valence-electron chi connectivity index (χ1n) is 7.36. The molecule has 1 aliphatic rings. The van der Waals surface area contributed by atoms with E-state index in [4.69, 9.17) is 11.6 Å². The number of benzene rings is 1. The molecule has 3 rings (SSSR count). The van der Waals surface area contributed by atoms with Gasteiger partial charge in [0.25, 0.3) is 0 Å². The van der Waals surface area contributed by atoms with E-state index in [1.807, 2.05) is 0 Å². The summed E-state index contributed by atoms with van der Waals surface area (Å²) in [5, 5.41) is 4.28. The maximum Gasteiger partial charge on any atom is 0.246 e. The van der Waals surface area contributed by atoms with Gasteiger partial charge in [0, 0.05) is 24.8 Å². The van der Waals surface area contributed by atoms with Gasteiger partial charge in [0.15, 0.2) is 0 Å². The van der Waals surface area contributed by atoms with Crippen LogP contribution in [0.3, 0.4) is 0 Å². The summed E-state index contributed by atoms with van der Waals surface area (Å²) in [5.41, 5.74) is 0.808. The Balaban J connectivity index is 2.04. The van der Waals surface area contributed by atoms with Gasteiger partial charge in [0.1, 0.15) is 10.7 Å². The molecule has 1 saturated heterocycles. The van der Waals surface area contributed by atoms with Crippen LogP contribution >= 0.6 is 11.6 Å². The Morgan fingerprint density at radius 2 is 2.09 bits per heavy atom. The molecule has 1 unspecified atom stereocenters. The lowest BCUT2D eigenvalue weighted by atomic mass is 10.0. The summed E-state index contributed by atoms with van der Waals surface area (Å²) in [6.07, 6.45) is 4.00. The normalized spacial score (nSPS) is 19.9. The standard InChI is InChI=1S/C15H17ClFN3O2S/c1-19-13(7-8-18-19)14-4-2-3-9-20(14)23(21,22)15-6-5-11(16)10-12(15)17/h5-8,10,14H,2-4,9H2,1H3. The number of halogens is 2. The molecule has 0 N–H and O–H groups in total. The molecule has 8 heteroatoms. The highest BCUT2D eigenvalue weighted by Crippen LogP contribution is 2.36. The van der Waals surface area contributed by atoms with Crippen molar-refractivity contribution in [2.75, 3.05) is 6.54 Å². The first-order valence-corrected chi connectivity index (χ1v) is 9.18. The first kappa shape index (κ1) is 16.4. The summed E-state index contributed by atoms with van der Waals surface area (Å²) >= 11 is 5.72. The van der Waals surface area contributed by atoms with E-state index in [0.717, 1.165) is 24.6 Å². The molecule has 5 nitrogen and oxygen atoms in total. The van der Waals surface area contributed by atoms with Crippen LogP contribution in [0.25, 0.3) is 0 Å². The zero-order valence-electron chi connectivity index (χ0n) is 12.6. The largest absolute Gasteiger partial charge is 0.271 e. The van der Waals surface area contributed by atoms with Crippen LogP contribution in [-0.4, -0.2) is 29.0 Å². The highest BCUT2D eigenvalue weighted by Gasteiger charge is 2.37. The molecule has 1 aliphatic heterocycles. The maximum atomic E-state index is 14.1. The second-order valence-electron chi connectivity index (χ2n) is 5.58. The third kappa shape index (κ3) is 3.00. The van der Waals surface area contributed by atoms with Gasteiger partial charge in [0.05, 0.1) is 11.7 Å². The third-order valence-electron chi connectivity index (χ3n) is 4.13. The van der Waals surface area contributed by atoms with E-state index in [-0.39, 0.29) is 16.0 Å². The maximum absolute atomic E-state index is 14.1. The molecule has 0 amide bonds. The molecule has 0 aliphatic carbocycles. The van der Waals surface area contributed by atoms with E-state index in [1.54, 1.807) is 24.0 Å². The molecule has 23 heavy (non-hydrogen) atoms. The lowest BCUT2D eigenvalue weighted by molar-refractivity contribution is 0.245. The minimum atomic E-state index is -3.94. The summed E-state index contributed by atoms with van der Waals surface area (Å²) < 4.78 is 43.1. The average Bonchev–Trinajstić information content (AvgIpc) is 2.93. The van der Waals surface area contributed by atoms with Gasteiger partial charge in [-0.15, -0.1) is 0 Å². The van der Waals surface area contributed by atoms with Gasteiger partial charge < -0.3 is 0 Å². The van der Waals surface area contributed by atoms with Crippen LogP contribution in [0.2, 0.25) is 5.02 Å². The van der Waals surface area contributed by atoms with E-state index in [1.165, 1.54) is 16.4 Å². The second kappa shape index (κ2) is 6.22. The molecule has 124 valence electrons. The zero-order valence-corrected chi connectivity index (χ0v) is 14.2. The minimum Gasteiger partial charge on any atom is -0.271 e. The number of aryl methyl sites for hydroxylation is 1. The smallest absolute Gasteiger partial charge is 0.246 e. The van der Waals surface area contributed by atoms with Gasteiger partial charge in [-0.1, -0.05) is 18.0 Å². The van der Waals surface area contributed by atoms with Crippen LogP contribution < -0.4 is 0 Å². The molecule has 1 atom stereocenters. The fourth-order valence-electron chi connectivity index (χ4n) is 3.01. The molecule has 0 bridgehead atoms. The highest BCUT2D eigenvalue weighted by molar-refractivity contribution is 7.89. The summed E-state index contributed by atoms with van der Waals surface area (Å²) in [6, 6.07) is 5.10. The van der Waals surface area contributed by atoms with Crippen LogP contribution in [0.4, 0.5) is 4.39 Å². The Morgan fingerprint density at radius 3 is 2.74 bits per heavy atom. The van der Waals surface area contributed by atoms with Crippen molar-refractivity contribution in [1.82, 2.24) is 14.1 Å². The summed E-state index contributed by atoms with van der Waals surface area (Å²) in [5.74, 6) is -0.827. The predicted molar refractivity (Wildman–Crippen MR) is 85.1 cm³/mol. The predicted octanol–water partition coefficient (Wildman–Crippen LogP) is 3.13. The molecule has 0 radical (unpaired) electrons. The van der Waals surface area contributed by atoms with Crippen molar-refractivity contribution in [1.29, 1.82) is 0 Å². The third-order valence-corrected chi connectivity index (χ3v) is 6.31. The molecule has 2 heterocycles. The fraction of sp³-hybridized carbons (Fsp3) is 0.400. The van der Waals surface area contributed by atoms with Gasteiger partial charge in [-0.3, -0.25) is 4.68 Å². The number of aromatic nitrogens is 2. The molecule has 1 aromatic carbocycles. The quantitative estimate of drug-likeness (QED) is 0.848. The highest BCUT2D eigenvalue weighted by atomic mass is 35.5. The Morgan fingerprint density at radius 1 is 1.30 bits per heavy atom. The molecule has 1 fully saturated rings. The Hall–Kier alpha value is -1.44. The van der Waals surface area contributed by atoms with Crippen molar-refractivity contribution >= 4 is 21.6 Å². The van der Waals surface area contributed by atoms with Crippen LogP contribution in [0.1, 0.15) is 31.0 Å². The molecule has 0 spiro atoms. The number of sulfonamides is 1. The van der Waals surface area contributed by atoms with Crippen LogP contribution in [-0.2, 0) is 17.1 Å². The van der Waals surface area contributed by atoms with Crippen LogP contribution in [0, 0.1) is 5.82 Å². The fourth-order valence-corrected chi connectivity index (χ4v) is 4.88. The summed E-state index contributed by atoms with van der Waals surface area (Å²) in [6.45, 7) is 0.361. The van der Waals surface area contributed by atoms with Gasteiger partial charge in [0.2, 0.25) is 10.0 Å². The summed E-state index contributed by atoms with van der Waals surface area (Å²) in [7, 11) is -2.17. The van der Waals surface area contributed by atoms with Gasteiger partial charge in [-0.05, 0) is 37.1 Å². The number of nitrogens with zero attached hydrogens (tertiary/aromatic N) is 3. The van der Waals surface area contributed by atoms with Crippen molar-refractivity contribution in [2.45, 2.75) is 30.2 Å². The van der Waals surface area contributed by atoms with Gasteiger partial charge in [-0.25, -0.2) is 12.8 Å². The Kier molecular flexibility index (Phi) is 4.44. The van der Waals surface area contributed by atoms with Crippen LogP contribution in [0.5, 0.6) is 0 Å². The molecule has 1 aromatic heterocycles. The number of rotatable bonds is 3. The molecule has 2 aromatic rings. The van der Waals surface area contributed by atoms with E-state index >= 15 is 0 Å².